The van der Waals surface area contributed by atoms with Crippen molar-refractivity contribution in [3.63, 3.8) is 0 Å². The minimum Gasteiger partial charge on any atom is -0.543 e. The number of carbonyl (C=O) groups is 6. The maximum Gasteiger partial charge on any atom is 0.336 e. The minimum absolute atomic E-state index is 0.0137. The summed E-state index contributed by atoms with van der Waals surface area (Å²) in [5.41, 5.74) is 11.3. The highest BCUT2D eigenvalue weighted by Gasteiger charge is 2.48. The van der Waals surface area contributed by atoms with E-state index in [1.807, 2.05) is 79.0 Å². The Labute approximate surface area is 518 Å². The fourth-order valence-corrected chi connectivity index (χ4v) is 23.1. The van der Waals surface area contributed by atoms with E-state index < -0.39 is 58.1 Å². The van der Waals surface area contributed by atoms with Gasteiger partial charge in [-0.3, -0.25) is 38.8 Å². The number of nitrogen functional groups attached to an aromatic ring is 1. The Morgan fingerprint density at radius 1 is 0.523 bits per heavy atom. The molecule has 0 radical (unpaired) electrons. The monoisotopic (exact) mass is 1220 g/mol. The molecule has 4 amide bonds. The highest BCUT2D eigenvalue weighted by molar-refractivity contribution is 6.78. The van der Waals surface area contributed by atoms with Crippen molar-refractivity contribution < 1.29 is 47.8 Å². The minimum atomic E-state index is -2.17. The van der Waals surface area contributed by atoms with Gasteiger partial charge in [-0.15, -0.1) is 0 Å². The third-order valence-electron chi connectivity index (χ3n) is 16.9. The van der Waals surface area contributed by atoms with Crippen LogP contribution >= 0.6 is 0 Å². The number of aromatic carboxylic acids is 1. The fourth-order valence-electron chi connectivity index (χ4n) is 12.6. The van der Waals surface area contributed by atoms with Crippen molar-refractivity contribution in [2.24, 2.45) is 0 Å². The van der Waals surface area contributed by atoms with Gasteiger partial charge in [-0.25, -0.2) is 4.79 Å². The van der Waals surface area contributed by atoms with Gasteiger partial charge in [0.25, 0.3) is 34.4 Å². The lowest BCUT2D eigenvalue weighted by Gasteiger charge is -2.42. The smallest absolute Gasteiger partial charge is 0.336 e. The molecule has 1 aliphatic rings. The summed E-state index contributed by atoms with van der Waals surface area (Å²) >= 11 is 0. The van der Waals surface area contributed by atoms with Crippen molar-refractivity contribution >= 4 is 85.1 Å². The number of rotatable bonds is 21. The first-order valence-corrected chi connectivity index (χ1v) is 34.2. The number of anilines is 2. The van der Waals surface area contributed by atoms with E-state index in [-0.39, 0.29) is 30.1 Å². The number of carbonyl (C=O) groups excluding carboxylic acids is 4. The van der Waals surface area contributed by atoms with Crippen molar-refractivity contribution in [3.05, 3.63) is 204 Å². The van der Waals surface area contributed by atoms with Gasteiger partial charge in [-0.2, -0.15) is 0 Å². The van der Waals surface area contributed by atoms with E-state index >= 15 is 0 Å². The van der Waals surface area contributed by atoms with Gasteiger partial charge in [0.2, 0.25) is 5.91 Å². The number of nitrogens with one attached hydrogen (secondary N) is 2. The van der Waals surface area contributed by atoms with Crippen molar-refractivity contribution in [2.75, 3.05) is 24.1 Å². The van der Waals surface area contributed by atoms with Crippen LogP contribution < -0.4 is 25.2 Å². The van der Waals surface area contributed by atoms with E-state index in [9.17, 15) is 39.0 Å². The predicted molar refractivity (Wildman–Crippen MR) is 353 cm³/mol. The van der Waals surface area contributed by atoms with Gasteiger partial charge < -0.3 is 35.4 Å². The highest BCUT2D eigenvalue weighted by atomic mass is 28.4. The molecule has 0 saturated heterocycles. The van der Waals surface area contributed by atoms with Crippen LogP contribution in [0.5, 0.6) is 11.5 Å². The van der Waals surface area contributed by atoms with Crippen LogP contribution in [0.4, 0.5) is 11.4 Å². The third-order valence-corrected chi connectivity index (χ3v) is 28.9. The van der Waals surface area contributed by atoms with Gasteiger partial charge in [0, 0.05) is 60.0 Å². The maximum absolute atomic E-state index is 13.9. The molecule has 0 fully saturated rings. The molecule has 88 heavy (non-hydrogen) atoms. The maximum atomic E-state index is 13.9. The molecule has 3 heterocycles. The molecule has 0 aliphatic carbocycles. The number of nitrogens with two attached hydrogens (primary N) is 1. The van der Waals surface area contributed by atoms with Crippen LogP contribution in [-0.2, 0) is 9.59 Å². The number of amides is 4. The summed E-state index contributed by atoms with van der Waals surface area (Å²) in [4.78, 5) is 85.6. The van der Waals surface area contributed by atoms with Gasteiger partial charge in [0.15, 0.2) is 0 Å². The average Bonchev–Trinajstić information content (AvgIpc) is 1.76. The molecule has 0 bridgehead atoms. The molecule has 18 heteroatoms. The zero-order valence-electron chi connectivity index (χ0n) is 52.3. The van der Waals surface area contributed by atoms with Gasteiger partial charge in [-0.1, -0.05) is 144 Å². The number of aliphatic carboxylic acids is 1. The van der Waals surface area contributed by atoms with Crippen LogP contribution in [0.3, 0.4) is 0 Å². The fraction of sp³-hybridized carbons (Fsp3) is 0.314. The predicted octanol–water partition coefficient (Wildman–Crippen LogP) is 15.2. The zero-order valence-corrected chi connectivity index (χ0v) is 54.3. The Balaban J connectivity index is 0.000000217. The Kier molecular flexibility index (Phi) is 22.0. The second-order valence-electron chi connectivity index (χ2n) is 24.2. The summed E-state index contributed by atoms with van der Waals surface area (Å²) in [7, 11) is -4.31. The van der Waals surface area contributed by atoms with E-state index in [0.29, 0.717) is 61.2 Å². The number of imide groups is 1. The second kappa shape index (κ2) is 29.1. The number of carboxylic acids is 2. The van der Waals surface area contributed by atoms with Crippen molar-refractivity contribution in [3.8, 4) is 11.5 Å². The van der Waals surface area contributed by atoms with Crippen LogP contribution in [0, 0.1) is 0 Å². The highest BCUT2D eigenvalue weighted by Crippen LogP contribution is 2.44. The van der Waals surface area contributed by atoms with Crippen LogP contribution in [-0.4, -0.2) is 90.4 Å². The number of aromatic nitrogens is 2. The Bertz CT molecular complexity index is 3700. The SMILES string of the molecule is CC(C)[Si](Oc1ccc(C(CN2C(=O)c3ccccc3C2=O)C(=O)Nc2ccc3cnccc3c2)cc1)(C(C)C)C(C)C.CC(C)[Si](Oc1ccc(C(CNC(=O)c2ccccc2C(=O)O)C(=O)O)cc1)(C(C)C)C(C)C.Nc1ccc2cnccc2c1. The van der Waals surface area contributed by atoms with E-state index in [1.165, 1.54) is 23.1 Å². The third kappa shape index (κ3) is 15.0. The average molecular weight is 1220 g/mol. The van der Waals surface area contributed by atoms with Crippen molar-refractivity contribution in [1.82, 2.24) is 20.2 Å². The molecule has 1 aliphatic heterocycles. The van der Waals surface area contributed by atoms with E-state index in [2.05, 4.69) is 104 Å². The van der Waals surface area contributed by atoms with E-state index in [0.717, 1.165) is 38.7 Å². The van der Waals surface area contributed by atoms with Crippen LogP contribution in [0.25, 0.3) is 21.5 Å². The summed E-state index contributed by atoms with van der Waals surface area (Å²) in [6, 6.07) is 42.4. The normalized spacial score (nSPS) is 13.0. The Morgan fingerprint density at radius 2 is 0.955 bits per heavy atom. The molecule has 6 N–H and O–H groups in total. The van der Waals surface area contributed by atoms with Crippen LogP contribution in [0.2, 0.25) is 33.2 Å². The quantitative estimate of drug-likeness (QED) is 0.0256. The van der Waals surface area contributed by atoms with Gasteiger partial charge >= 0.3 is 11.9 Å². The lowest BCUT2D eigenvalue weighted by atomic mass is 9.97. The number of benzene rings is 6. The topological polar surface area (TPSA) is 240 Å². The van der Waals surface area contributed by atoms with Gasteiger partial charge in [0.05, 0.1) is 34.1 Å². The van der Waals surface area contributed by atoms with Gasteiger partial charge in [0.1, 0.15) is 11.5 Å². The summed E-state index contributed by atoms with van der Waals surface area (Å²) in [6.07, 6.45) is 7.07. The first kappa shape index (κ1) is 66.5. The molecule has 2 atom stereocenters. The number of hydrogen-bond acceptors (Lipinski definition) is 11. The number of nitrogens with zero attached hydrogens (tertiary/aromatic N) is 3. The molecule has 0 spiro atoms. The molecule has 8 aromatic rings. The van der Waals surface area contributed by atoms with Crippen molar-refractivity contribution in [1.29, 1.82) is 0 Å². The first-order chi connectivity index (χ1) is 41.8. The molecule has 16 nitrogen and oxygen atoms in total. The lowest BCUT2D eigenvalue weighted by Crippen LogP contribution is -2.50. The van der Waals surface area contributed by atoms with Crippen LogP contribution in [0.1, 0.15) is 147 Å². The molecule has 2 aromatic heterocycles. The molecular formula is C70H82N6O10Si2. The molecule has 9 rings (SSSR count). The number of fused-ring (bicyclic) bond motifs is 3. The number of hydrogen-bond donors (Lipinski definition) is 5. The largest absolute Gasteiger partial charge is 0.543 e. The molecule has 460 valence electrons. The Hall–Kier alpha value is -9.01. The summed E-state index contributed by atoms with van der Waals surface area (Å²) < 4.78 is 13.5. The summed E-state index contributed by atoms with van der Waals surface area (Å²) in [5.74, 6) is -4.33. The van der Waals surface area contributed by atoms with E-state index in [4.69, 9.17) is 14.6 Å². The standard InChI is InChI=1S/C35H39N3O4Si.C26H35NO6Si.C9H8N2/c1-22(2)43(23(3)4,24(5)6)42-29-15-12-25(13-16-29)32(21-38-34(40)30-9-7-8-10-31(30)35(38)41)33(39)37-28-14-11-27-20-36-18-17-26(27)19-28;1-16(2)34(17(3)4,18(5)6)33-20-13-11-19(12-14-20)23(26(31)32)15-27-24(28)21-9-7-8-10-22(21)25(29)30;10-9-2-1-8-6-11-4-3-7(8)5-9/h7-20,22-24,32H,21H2,1-6H3,(H,37,39);7-14,16-18,23H,15H2,1-6H3,(H,27,28)(H,29,30)(H,31,32);1-6H,10H2. The molecule has 6 aromatic carbocycles. The zero-order chi connectivity index (χ0) is 64.2. The van der Waals surface area contributed by atoms with Crippen molar-refractivity contribution in [2.45, 2.75) is 128 Å². The summed E-state index contributed by atoms with van der Waals surface area (Å²) in [6.45, 7) is 26.4. The number of pyridine rings is 2. The second-order valence-corrected chi connectivity index (χ2v) is 34.9. The molecular weight excluding hydrogens is 1140 g/mol. The molecule has 0 saturated carbocycles. The van der Waals surface area contributed by atoms with Crippen LogP contribution in [0.15, 0.2) is 170 Å². The Morgan fingerprint density at radius 3 is 1.41 bits per heavy atom. The number of carboxylic acid groups (broad SMARTS) is 2. The summed E-state index contributed by atoms with van der Waals surface area (Å²) in [5, 5.41) is 28.8. The van der Waals surface area contributed by atoms with Gasteiger partial charge in [-0.05, 0) is 140 Å². The molecule has 2 unspecified atom stereocenters. The lowest BCUT2D eigenvalue weighted by molar-refractivity contribution is -0.138. The van der Waals surface area contributed by atoms with E-state index in [1.54, 1.807) is 73.2 Å². The first-order valence-electron chi connectivity index (χ1n) is 29.9.